The number of nitriles is 1. The summed E-state index contributed by atoms with van der Waals surface area (Å²) in [6.07, 6.45) is -2.08. The maximum atomic E-state index is 13.0. The van der Waals surface area contributed by atoms with E-state index in [9.17, 15) is 18.0 Å². The van der Waals surface area contributed by atoms with Crippen molar-refractivity contribution in [2.45, 2.75) is 31.5 Å². The normalized spacial score (nSPS) is 21.4. The predicted octanol–water partition coefficient (Wildman–Crippen LogP) is 3.00. The summed E-state index contributed by atoms with van der Waals surface area (Å²) in [5, 5.41) is 11.6. The largest absolute Gasteiger partial charge is 0.418 e. The smallest absolute Gasteiger partial charge is 0.384 e. The molecule has 1 N–H and O–H groups in total. The Morgan fingerprint density at radius 1 is 1.35 bits per heavy atom. The van der Waals surface area contributed by atoms with Crippen LogP contribution in [0.4, 0.5) is 18.9 Å². The maximum absolute atomic E-state index is 13.0. The zero-order valence-electron chi connectivity index (χ0n) is 12.4. The number of benzene rings is 1. The van der Waals surface area contributed by atoms with Crippen LogP contribution in [0.1, 0.15) is 30.4 Å². The molecule has 1 atom stereocenters. The van der Waals surface area contributed by atoms with Gasteiger partial charge in [0, 0.05) is 37.2 Å². The first-order chi connectivity index (χ1) is 10.9. The van der Waals surface area contributed by atoms with Gasteiger partial charge in [-0.2, -0.15) is 18.4 Å². The lowest BCUT2D eigenvalue weighted by Crippen LogP contribution is -2.28. The minimum absolute atomic E-state index is 0.00470. The average Bonchev–Trinajstić information content (AvgIpc) is 3.27. The van der Waals surface area contributed by atoms with Crippen LogP contribution in [0.3, 0.4) is 0 Å². The van der Waals surface area contributed by atoms with Crippen LogP contribution in [-0.4, -0.2) is 29.9 Å². The van der Waals surface area contributed by atoms with Crippen LogP contribution in [0.2, 0.25) is 0 Å². The molecule has 1 amide bonds. The molecule has 0 aromatic heterocycles. The zero-order valence-corrected chi connectivity index (χ0v) is 12.4. The van der Waals surface area contributed by atoms with Crippen molar-refractivity contribution in [2.75, 3.05) is 18.4 Å². The molecule has 1 saturated carbocycles. The van der Waals surface area contributed by atoms with Gasteiger partial charge in [0.15, 0.2) is 0 Å². The number of amides is 1. The van der Waals surface area contributed by atoms with Crippen LogP contribution in [0.25, 0.3) is 0 Å². The van der Waals surface area contributed by atoms with E-state index >= 15 is 0 Å². The molecular weight excluding hydrogens is 307 g/mol. The van der Waals surface area contributed by atoms with E-state index in [0.29, 0.717) is 19.0 Å². The van der Waals surface area contributed by atoms with Gasteiger partial charge < -0.3 is 10.2 Å². The highest BCUT2D eigenvalue weighted by atomic mass is 19.4. The second-order valence-corrected chi connectivity index (χ2v) is 6.10. The Morgan fingerprint density at radius 2 is 2.09 bits per heavy atom. The van der Waals surface area contributed by atoms with E-state index in [1.54, 1.807) is 0 Å². The minimum atomic E-state index is -4.48. The van der Waals surface area contributed by atoms with Crippen LogP contribution < -0.4 is 5.32 Å². The Labute approximate surface area is 131 Å². The molecule has 1 aromatic rings. The Bertz CT molecular complexity index is 662. The highest BCUT2D eigenvalue weighted by molar-refractivity contribution is 5.79. The second kappa shape index (κ2) is 5.76. The topological polar surface area (TPSA) is 56.1 Å². The molecule has 1 unspecified atom stereocenters. The number of rotatable bonds is 4. The molecule has 3 rings (SSSR count). The monoisotopic (exact) mass is 323 g/mol. The first kappa shape index (κ1) is 15.7. The fourth-order valence-corrected chi connectivity index (χ4v) is 2.95. The summed E-state index contributed by atoms with van der Waals surface area (Å²) < 4.78 is 39.1. The highest BCUT2D eigenvalue weighted by Gasteiger charge is 2.39. The van der Waals surface area contributed by atoms with E-state index in [1.165, 1.54) is 6.07 Å². The van der Waals surface area contributed by atoms with Crippen molar-refractivity contribution in [3.8, 4) is 6.07 Å². The second-order valence-electron chi connectivity index (χ2n) is 6.10. The molecule has 23 heavy (non-hydrogen) atoms. The van der Waals surface area contributed by atoms with Gasteiger partial charge in [0.25, 0.3) is 0 Å². The fraction of sp³-hybridized carbons (Fsp3) is 0.500. The van der Waals surface area contributed by atoms with Gasteiger partial charge in [0.05, 0.1) is 17.2 Å². The van der Waals surface area contributed by atoms with Crippen molar-refractivity contribution in [1.82, 2.24) is 4.90 Å². The Kier molecular flexibility index (Phi) is 3.92. The van der Waals surface area contributed by atoms with Crippen molar-refractivity contribution < 1.29 is 18.0 Å². The van der Waals surface area contributed by atoms with E-state index < -0.39 is 11.7 Å². The first-order valence-electron chi connectivity index (χ1n) is 7.53. The molecule has 7 heteroatoms. The molecule has 2 fully saturated rings. The Morgan fingerprint density at radius 3 is 2.70 bits per heavy atom. The SMILES string of the molecule is N#Cc1ccc(C(F)(F)F)c(NCC2CC(=O)N(C3CC3)C2)c1. The molecule has 0 bridgehead atoms. The molecular formula is C16H16F3N3O. The van der Waals surface area contributed by atoms with Gasteiger partial charge >= 0.3 is 6.18 Å². The number of halogens is 3. The summed E-state index contributed by atoms with van der Waals surface area (Å²) in [7, 11) is 0. The van der Waals surface area contributed by atoms with Crippen LogP contribution in [-0.2, 0) is 11.0 Å². The average molecular weight is 323 g/mol. The molecule has 1 aliphatic heterocycles. The van der Waals surface area contributed by atoms with E-state index in [0.717, 1.165) is 25.0 Å². The third-order valence-electron chi connectivity index (χ3n) is 4.26. The number of hydrogen-bond donors (Lipinski definition) is 1. The predicted molar refractivity (Wildman–Crippen MR) is 77.5 cm³/mol. The number of nitrogens with zero attached hydrogens (tertiary/aromatic N) is 2. The number of hydrogen-bond acceptors (Lipinski definition) is 3. The quantitative estimate of drug-likeness (QED) is 0.927. The molecule has 122 valence electrons. The summed E-state index contributed by atoms with van der Waals surface area (Å²) in [5.74, 6) is 0.0797. The lowest BCUT2D eigenvalue weighted by atomic mass is 10.1. The summed E-state index contributed by atoms with van der Waals surface area (Å²) >= 11 is 0. The Balaban J connectivity index is 1.70. The third-order valence-corrected chi connectivity index (χ3v) is 4.26. The van der Waals surface area contributed by atoms with Crippen molar-refractivity contribution in [1.29, 1.82) is 5.26 Å². The van der Waals surface area contributed by atoms with Gasteiger partial charge in [-0.1, -0.05) is 0 Å². The highest BCUT2D eigenvalue weighted by Crippen LogP contribution is 2.36. The van der Waals surface area contributed by atoms with Crippen molar-refractivity contribution in [3.63, 3.8) is 0 Å². The molecule has 1 aromatic carbocycles. The van der Waals surface area contributed by atoms with E-state index in [-0.39, 0.29) is 29.6 Å². The van der Waals surface area contributed by atoms with E-state index in [4.69, 9.17) is 5.26 Å². The summed E-state index contributed by atoms with van der Waals surface area (Å²) in [6.45, 7) is 0.878. The number of anilines is 1. The lowest BCUT2D eigenvalue weighted by Gasteiger charge is -2.18. The first-order valence-corrected chi connectivity index (χ1v) is 7.53. The summed E-state index contributed by atoms with van der Waals surface area (Å²) in [6, 6.07) is 5.45. The molecule has 1 saturated heterocycles. The fourth-order valence-electron chi connectivity index (χ4n) is 2.95. The summed E-state index contributed by atoms with van der Waals surface area (Å²) in [4.78, 5) is 13.7. The third kappa shape index (κ3) is 3.41. The number of alkyl halides is 3. The standard InChI is InChI=1S/C16H16F3N3O/c17-16(18,19)13-4-1-10(7-20)5-14(13)21-8-11-6-15(23)22(9-11)12-2-3-12/h1,4-5,11-12,21H,2-3,6,8-9H2. The summed E-state index contributed by atoms with van der Waals surface area (Å²) in [5.41, 5.74) is -0.726. The Hall–Kier alpha value is -2.23. The molecule has 2 aliphatic rings. The molecule has 4 nitrogen and oxygen atoms in total. The minimum Gasteiger partial charge on any atom is -0.384 e. The zero-order chi connectivity index (χ0) is 16.6. The van der Waals surface area contributed by atoms with Crippen LogP contribution >= 0.6 is 0 Å². The van der Waals surface area contributed by atoms with Gasteiger partial charge in [-0.3, -0.25) is 4.79 Å². The molecule has 0 spiro atoms. The van der Waals surface area contributed by atoms with Crippen molar-refractivity contribution >= 4 is 11.6 Å². The maximum Gasteiger partial charge on any atom is 0.418 e. The lowest BCUT2D eigenvalue weighted by molar-refractivity contribution is -0.137. The number of carbonyl (C=O) groups excluding carboxylic acids is 1. The van der Waals surface area contributed by atoms with Crippen LogP contribution in [0, 0.1) is 17.2 Å². The van der Waals surface area contributed by atoms with Gasteiger partial charge in [-0.15, -0.1) is 0 Å². The molecule has 1 aliphatic carbocycles. The molecule has 0 radical (unpaired) electrons. The number of likely N-dealkylation sites (tertiary alicyclic amines) is 1. The number of carbonyl (C=O) groups is 1. The van der Waals surface area contributed by atoms with Gasteiger partial charge in [0.1, 0.15) is 0 Å². The van der Waals surface area contributed by atoms with Gasteiger partial charge in [-0.05, 0) is 31.0 Å². The van der Waals surface area contributed by atoms with Crippen LogP contribution in [0.15, 0.2) is 18.2 Å². The number of nitrogens with one attached hydrogen (secondary N) is 1. The van der Waals surface area contributed by atoms with Gasteiger partial charge in [0.2, 0.25) is 5.91 Å². The molecule has 1 heterocycles. The van der Waals surface area contributed by atoms with E-state index in [2.05, 4.69) is 5.32 Å². The van der Waals surface area contributed by atoms with Crippen LogP contribution in [0.5, 0.6) is 0 Å². The van der Waals surface area contributed by atoms with Crippen molar-refractivity contribution in [2.24, 2.45) is 5.92 Å². The van der Waals surface area contributed by atoms with Gasteiger partial charge in [-0.25, -0.2) is 0 Å². The van der Waals surface area contributed by atoms with E-state index in [1.807, 2.05) is 11.0 Å². The van der Waals surface area contributed by atoms with Crippen molar-refractivity contribution in [3.05, 3.63) is 29.3 Å².